The van der Waals surface area contributed by atoms with Crippen LogP contribution in [-0.2, 0) is 17.8 Å². The molecule has 0 saturated heterocycles. The number of hydrogen-bond donors (Lipinski definition) is 1. The maximum absolute atomic E-state index is 12.9. The van der Waals surface area contributed by atoms with E-state index in [2.05, 4.69) is 5.32 Å². The SMILES string of the molecule is O=C(CCc1ccccc1)NCc1cccc(Oc2ccc(F)cc2)c1. The monoisotopic (exact) mass is 349 g/mol. The van der Waals surface area contributed by atoms with E-state index in [0.29, 0.717) is 24.5 Å². The lowest BCUT2D eigenvalue weighted by atomic mass is 10.1. The number of carbonyl (C=O) groups excluding carboxylic acids is 1. The van der Waals surface area contributed by atoms with E-state index in [1.807, 2.05) is 54.6 Å². The molecule has 0 fully saturated rings. The van der Waals surface area contributed by atoms with Gasteiger partial charge in [0.1, 0.15) is 17.3 Å². The molecular formula is C22H20FNO2. The number of rotatable bonds is 7. The molecule has 1 N–H and O–H groups in total. The number of amides is 1. The normalized spacial score (nSPS) is 10.3. The van der Waals surface area contributed by atoms with Crippen LogP contribution in [0.5, 0.6) is 11.5 Å². The Morgan fingerprint density at radius 3 is 2.35 bits per heavy atom. The zero-order valence-corrected chi connectivity index (χ0v) is 14.3. The van der Waals surface area contributed by atoms with Crippen LogP contribution in [0.2, 0.25) is 0 Å². The van der Waals surface area contributed by atoms with Gasteiger partial charge in [0.15, 0.2) is 0 Å². The first kappa shape index (κ1) is 17.7. The highest BCUT2D eigenvalue weighted by Gasteiger charge is 2.04. The molecule has 0 spiro atoms. The molecule has 26 heavy (non-hydrogen) atoms. The summed E-state index contributed by atoms with van der Waals surface area (Å²) in [6.45, 7) is 0.439. The van der Waals surface area contributed by atoms with Crippen LogP contribution >= 0.6 is 0 Å². The number of halogens is 1. The van der Waals surface area contributed by atoms with Crippen molar-refractivity contribution in [3.05, 3.63) is 95.8 Å². The fourth-order valence-corrected chi connectivity index (χ4v) is 2.55. The van der Waals surface area contributed by atoms with Crippen molar-refractivity contribution in [2.45, 2.75) is 19.4 Å². The maximum atomic E-state index is 12.9. The van der Waals surface area contributed by atoms with Gasteiger partial charge in [-0.15, -0.1) is 0 Å². The fourth-order valence-electron chi connectivity index (χ4n) is 2.55. The van der Waals surface area contributed by atoms with Crippen molar-refractivity contribution in [2.75, 3.05) is 0 Å². The molecule has 0 bridgehead atoms. The van der Waals surface area contributed by atoms with Crippen molar-refractivity contribution in [1.82, 2.24) is 5.32 Å². The van der Waals surface area contributed by atoms with Gasteiger partial charge in [0.2, 0.25) is 5.91 Å². The molecule has 1 amide bonds. The Hall–Kier alpha value is -3.14. The summed E-state index contributed by atoms with van der Waals surface area (Å²) >= 11 is 0. The molecule has 3 nitrogen and oxygen atoms in total. The summed E-state index contributed by atoms with van der Waals surface area (Å²) in [5, 5.41) is 2.92. The Kier molecular flexibility index (Phi) is 5.99. The van der Waals surface area contributed by atoms with Gasteiger partial charge in [0.25, 0.3) is 0 Å². The van der Waals surface area contributed by atoms with Gasteiger partial charge in [-0.05, 0) is 53.9 Å². The standard InChI is InChI=1S/C22H20FNO2/c23-19-10-12-20(13-11-19)26-21-8-4-7-18(15-21)16-24-22(25)14-9-17-5-2-1-3-6-17/h1-8,10-13,15H,9,14,16H2,(H,24,25). The highest BCUT2D eigenvalue weighted by molar-refractivity contribution is 5.76. The summed E-state index contributed by atoms with van der Waals surface area (Å²) < 4.78 is 18.6. The molecule has 0 aliphatic carbocycles. The first-order valence-corrected chi connectivity index (χ1v) is 8.52. The lowest BCUT2D eigenvalue weighted by Gasteiger charge is -2.09. The summed E-state index contributed by atoms with van der Waals surface area (Å²) in [6.07, 6.45) is 1.18. The van der Waals surface area contributed by atoms with E-state index in [1.54, 1.807) is 12.1 Å². The van der Waals surface area contributed by atoms with E-state index in [4.69, 9.17) is 4.74 Å². The lowest BCUT2D eigenvalue weighted by Crippen LogP contribution is -2.22. The third-order valence-corrected chi connectivity index (χ3v) is 3.92. The second-order valence-electron chi connectivity index (χ2n) is 5.97. The Labute approximate surface area is 152 Å². The van der Waals surface area contributed by atoms with Gasteiger partial charge in [-0.2, -0.15) is 0 Å². The van der Waals surface area contributed by atoms with Crippen LogP contribution < -0.4 is 10.1 Å². The van der Waals surface area contributed by atoms with Crippen LogP contribution in [-0.4, -0.2) is 5.91 Å². The molecule has 3 aromatic rings. The molecule has 3 aromatic carbocycles. The van der Waals surface area contributed by atoms with Gasteiger partial charge in [-0.25, -0.2) is 4.39 Å². The molecule has 132 valence electrons. The minimum atomic E-state index is -0.302. The summed E-state index contributed by atoms with van der Waals surface area (Å²) in [5.41, 5.74) is 2.09. The maximum Gasteiger partial charge on any atom is 0.220 e. The average molecular weight is 349 g/mol. The molecule has 4 heteroatoms. The van der Waals surface area contributed by atoms with E-state index in [0.717, 1.165) is 17.5 Å². The number of hydrogen-bond acceptors (Lipinski definition) is 2. The highest BCUT2D eigenvalue weighted by Crippen LogP contribution is 2.22. The largest absolute Gasteiger partial charge is 0.457 e. The summed E-state index contributed by atoms with van der Waals surface area (Å²) in [6, 6.07) is 23.3. The van der Waals surface area contributed by atoms with Gasteiger partial charge < -0.3 is 10.1 Å². The third-order valence-electron chi connectivity index (χ3n) is 3.92. The van der Waals surface area contributed by atoms with Gasteiger partial charge in [0, 0.05) is 13.0 Å². The van der Waals surface area contributed by atoms with Gasteiger partial charge in [-0.1, -0.05) is 42.5 Å². The zero-order valence-electron chi connectivity index (χ0n) is 14.3. The van der Waals surface area contributed by atoms with Gasteiger partial charge in [-0.3, -0.25) is 4.79 Å². The summed E-state index contributed by atoms with van der Waals surface area (Å²) in [4.78, 5) is 12.0. The predicted molar refractivity (Wildman–Crippen MR) is 99.5 cm³/mol. The lowest BCUT2D eigenvalue weighted by molar-refractivity contribution is -0.121. The van der Waals surface area contributed by atoms with Gasteiger partial charge in [0.05, 0.1) is 0 Å². The second kappa shape index (κ2) is 8.81. The van der Waals surface area contributed by atoms with Crippen LogP contribution in [0.3, 0.4) is 0 Å². The highest BCUT2D eigenvalue weighted by atomic mass is 19.1. The van der Waals surface area contributed by atoms with Crippen molar-refractivity contribution in [3.63, 3.8) is 0 Å². The van der Waals surface area contributed by atoms with E-state index in [9.17, 15) is 9.18 Å². The number of carbonyl (C=O) groups is 1. The molecule has 0 heterocycles. The Morgan fingerprint density at radius 1 is 0.846 bits per heavy atom. The first-order chi connectivity index (χ1) is 12.7. The Bertz CT molecular complexity index is 848. The molecule has 0 atom stereocenters. The number of aryl methyl sites for hydroxylation is 1. The minimum Gasteiger partial charge on any atom is -0.457 e. The number of ether oxygens (including phenoxy) is 1. The molecular weight excluding hydrogens is 329 g/mol. The Morgan fingerprint density at radius 2 is 1.58 bits per heavy atom. The smallest absolute Gasteiger partial charge is 0.220 e. The molecule has 3 rings (SSSR count). The van der Waals surface area contributed by atoms with Gasteiger partial charge >= 0.3 is 0 Å². The van der Waals surface area contributed by atoms with Crippen LogP contribution in [0.15, 0.2) is 78.9 Å². The van der Waals surface area contributed by atoms with Crippen LogP contribution in [0.25, 0.3) is 0 Å². The third kappa shape index (κ3) is 5.45. The van der Waals surface area contributed by atoms with Crippen molar-refractivity contribution in [3.8, 4) is 11.5 Å². The van der Waals surface area contributed by atoms with Crippen molar-refractivity contribution < 1.29 is 13.9 Å². The van der Waals surface area contributed by atoms with Crippen LogP contribution in [0.1, 0.15) is 17.5 Å². The summed E-state index contributed by atoms with van der Waals surface area (Å²) in [5.74, 6) is 0.922. The number of benzene rings is 3. The van der Waals surface area contributed by atoms with Crippen LogP contribution in [0, 0.1) is 5.82 Å². The molecule has 0 radical (unpaired) electrons. The predicted octanol–water partition coefficient (Wildman–Crippen LogP) is 4.87. The Balaban J connectivity index is 1.50. The fraction of sp³-hybridized carbons (Fsp3) is 0.136. The second-order valence-corrected chi connectivity index (χ2v) is 5.97. The molecule has 0 unspecified atom stereocenters. The van der Waals surface area contributed by atoms with E-state index < -0.39 is 0 Å². The van der Waals surface area contributed by atoms with Crippen LogP contribution in [0.4, 0.5) is 4.39 Å². The zero-order chi connectivity index (χ0) is 18.2. The van der Waals surface area contributed by atoms with E-state index in [1.165, 1.54) is 12.1 Å². The van der Waals surface area contributed by atoms with E-state index >= 15 is 0 Å². The average Bonchev–Trinajstić information content (AvgIpc) is 2.68. The van der Waals surface area contributed by atoms with Crippen molar-refractivity contribution >= 4 is 5.91 Å². The quantitative estimate of drug-likeness (QED) is 0.661. The number of nitrogens with one attached hydrogen (secondary N) is 1. The molecule has 0 aliphatic heterocycles. The molecule has 0 aliphatic rings. The molecule has 0 aromatic heterocycles. The van der Waals surface area contributed by atoms with E-state index in [-0.39, 0.29) is 11.7 Å². The van der Waals surface area contributed by atoms with Crippen molar-refractivity contribution in [1.29, 1.82) is 0 Å². The van der Waals surface area contributed by atoms with Crippen molar-refractivity contribution in [2.24, 2.45) is 0 Å². The topological polar surface area (TPSA) is 38.3 Å². The molecule has 0 saturated carbocycles. The minimum absolute atomic E-state index is 0.0127. The summed E-state index contributed by atoms with van der Waals surface area (Å²) in [7, 11) is 0. The first-order valence-electron chi connectivity index (χ1n) is 8.52.